The van der Waals surface area contributed by atoms with E-state index in [1.165, 1.54) is 116 Å². The maximum absolute atomic E-state index is 2.39. The Morgan fingerprint density at radius 2 is 0.439 bits per heavy atom. The molecule has 0 bridgehead atoms. The van der Waals surface area contributed by atoms with Crippen LogP contribution in [0.1, 0.15) is 0 Å². The van der Waals surface area contributed by atoms with Crippen LogP contribution in [0, 0.1) is 0 Å². The highest BCUT2D eigenvalue weighted by atomic mass is 32.1. The highest BCUT2D eigenvalue weighted by molar-refractivity contribution is 7.26. The maximum atomic E-state index is 2.39. The molecule has 0 aliphatic rings. The van der Waals surface area contributed by atoms with Gasteiger partial charge in [0.1, 0.15) is 0 Å². The van der Waals surface area contributed by atoms with E-state index in [0.29, 0.717) is 0 Å². The molecule has 0 unspecified atom stereocenters. The Kier molecular flexibility index (Phi) is 7.55. The Labute approximate surface area is 342 Å². The molecule has 0 aliphatic carbocycles. The van der Waals surface area contributed by atoms with E-state index in [0.717, 1.165) is 0 Å². The van der Waals surface area contributed by atoms with Gasteiger partial charge in [0.05, 0.1) is 0 Å². The lowest BCUT2D eigenvalue weighted by atomic mass is 9.91. The van der Waals surface area contributed by atoms with Gasteiger partial charge in [-0.15, -0.1) is 34.0 Å². The van der Waals surface area contributed by atoms with Gasteiger partial charge in [-0.1, -0.05) is 127 Å². The molecule has 0 aliphatic heterocycles. The number of rotatable bonds is 5. The fourth-order valence-electron chi connectivity index (χ4n) is 8.60. The van der Waals surface area contributed by atoms with E-state index in [1.807, 2.05) is 34.0 Å². The molecule has 0 N–H and O–H groups in total. The molecule has 0 amide bonds. The summed E-state index contributed by atoms with van der Waals surface area (Å²) in [6.45, 7) is 0. The molecule has 0 spiro atoms. The van der Waals surface area contributed by atoms with Crippen LogP contribution in [0.4, 0.5) is 0 Å². The van der Waals surface area contributed by atoms with Crippen molar-refractivity contribution in [1.29, 1.82) is 0 Å². The van der Waals surface area contributed by atoms with Crippen molar-refractivity contribution in [1.82, 2.24) is 0 Å². The van der Waals surface area contributed by atoms with Crippen molar-refractivity contribution in [2.75, 3.05) is 0 Å². The van der Waals surface area contributed by atoms with Gasteiger partial charge in [-0.25, -0.2) is 0 Å². The molecule has 12 rings (SSSR count). The van der Waals surface area contributed by atoms with Crippen LogP contribution in [0.15, 0.2) is 194 Å². The Morgan fingerprint density at radius 1 is 0.175 bits per heavy atom. The van der Waals surface area contributed by atoms with Gasteiger partial charge in [0, 0.05) is 60.5 Å². The Bertz CT molecular complexity index is 3410. The Morgan fingerprint density at radius 3 is 0.807 bits per heavy atom. The summed E-state index contributed by atoms with van der Waals surface area (Å²) in [6.07, 6.45) is 0. The van der Waals surface area contributed by atoms with Gasteiger partial charge in [-0.2, -0.15) is 0 Å². The molecule has 266 valence electrons. The molecular weight excluding hydrogens is 745 g/mol. The third-order valence-electron chi connectivity index (χ3n) is 11.5. The van der Waals surface area contributed by atoms with E-state index in [4.69, 9.17) is 0 Å². The molecule has 0 saturated carbocycles. The molecule has 0 radical (unpaired) electrons. The van der Waals surface area contributed by atoms with Gasteiger partial charge in [-0.05, 0) is 122 Å². The van der Waals surface area contributed by atoms with Crippen molar-refractivity contribution in [3.8, 4) is 55.6 Å². The highest BCUT2D eigenvalue weighted by Crippen LogP contribution is 2.42. The van der Waals surface area contributed by atoms with Crippen LogP contribution >= 0.6 is 34.0 Å². The molecule has 0 atom stereocenters. The first kappa shape index (κ1) is 32.8. The molecule has 3 heteroatoms. The summed E-state index contributed by atoms with van der Waals surface area (Å²) >= 11 is 5.63. The van der Waals surface area contributed by atoms with Crippen LogP contribution in [0.2, 0.25) is 0 Å². The lowest BCUT2D eigenvalue weighted by Crippen LogP contribution is -1.87. The number of hydrogen-bond donors (Lipinski definition) is 0. The average Bonchev–Trinajstić information content (AvgIpc) is 3.96. The van der Waals surface area contributed by atoms with Gasteiger partial charge in [0.2, 0.25) is 0 Å². The third-order valence-corrected chi connectivity index (χ3v) is 14.9. The van der Waals surface area contributed by atoms with E-state index in [-0.39, 0.29) is 0 Å². The summed E-state index contributed by atoms with van der Waals surface area (Å²) in [5.41, 5.74) is 12.2. The van der Waals surface area contributed by atoms with Crippen molar-refractivity contribution in [2.45, 2.75) is 0 Å². The van der Waals surface area contributed by atoms with Crippen LogP contribution < -0.4 is 0 Å². The van der Waals surface area contributed by atoms with E-state index >= 15 is 0 Å². The van der Waals surface area contributed by atoms with Crippen molar-refractivity contribution in [3.05, 3.63) is 194 Å². The van der Waals surface area contributed by atoms with Gasteiger partial charge in [0.25, 0.3) is 0 Å². The zero-order chi connectivity index (χ0) is 37.5. The number of fused-ring (bicyclic) bond motifs is 9. The predicted molar refractivity (Wildman–Crippen MR) is 252 cm³/mol. The second kappa shape index (κ2) is 13.1. The van der Waals surface area contributed by atoms with Gasteiger partial charge >= 0.3 is 0 Å². The van der Waals surface area contributed by atoms with Gasteiger partial charge < -0.3 is 0 Å². The molecule has 57 heavy (non-hydrogen) atoms. The lowest BCUT2D eigenvalue weighted by Gasteiger charge is -2.13. The highest BCUT2D eigenvalue weighted by Gasteiger charge is 2.14. The summed E-state index contributed by atoms with van der Waals surface area (Å²) in [5.74, 6) is 0. The molecule has 3 aromatic heterocycles. The van der Waals surface area contributed by atoms with E-state index in [9.17, 15) is 0 Å². The number of hydrogen-bond acceptors (Lipinski definition) is 3. The lowest BCUT2D eigenvalue weighted by molar-refractivity contribution is 1.57. The fraction of sp³-hybridized carbons (Fsp3) is 0. The van der Waals surface area contributed by atoms with Crippen LogP contribution in [0.25, 0.3) is 116 Å². The zero-order valence-electron chi connectivity index (χ0n) is 30.7. The van der Waals surface area contributed by atoms with Gasteiger partial charge in [0.15, 0.2) is 0 Å². The monoisotopic (exact) mass is 776 g/mol. The third kappa shape index (κ3) is 5.62. The quantitative estimate of drug-likeness (QED) is 0.163. The molecule has 3 heterocycles. The van der Waals surface area contributed by atoms with Crippen LogP contribution in [-0.2, 0) is 0 Å². The fourth-order valence-corrected chi connectivity index (χ4v) is 12.0. The van der Waals surface area contributed by atoms with E-state index in [2.05, 4.69) is 194 Å². The minimum absolute atomic E-state index is 1.21. The van der Waals surface area contributed by atoms with Crippen LogP contribution in [-0.4, -0.2) is 0 Å². The first-order chi connectivity index (χ1) is 28.2. The van der Waals surface area contributed by atoms with Crippen molar-refractivity contribution in [2.24, 2.45) is 0 Å². The second-order valence-corrected chi connectivity index (χ2v) is 18.1. The summed E-state index contributed by atoms with van der Waals surface area (Å²) in [5, 5.41) is 7.97. The Balaban J connectivity index is 0.974. The number of benzene rings is 9. The largest absolute Gasteiger partial charge is 0.135 e. The molecule has 12 aromatic rings. The first-order valence-corrected chi connectivity index (χ1v) is 21.7. The molecular formula is C54H32S3. The van der Waals surface area contributed by atoms with Crippen LogP contribution in [0.5, 0.6) is 0 Å². The number of thiophene rings is 3. The van der Waals surface area contributed by atoms with E-state index in [1.54, 1.807) is 0 Å². The summed E-state index contributed by atoms with van der Waals surface area (Å²) in [7, 11) is 0. The zero-order valence-corrected chi connectivity index (χ0v) is 33.1. The molecule has 0 saturated heterocycles. The average molecular weight is 777 g/mol. The SMILES string of the molecule is c1cc(-c2cccc(-c3ccc4c(c3)sc3ccccc34)c2)cc(-c2cc(-c3ccc4c(c3)sc3ccccc34)cc(-c3ccc4c(c3)sc3ccccc34)c2)c1. The summed E-state index contributed by atoms with van der Waals surface area (Å²) in [6, 6.07) is 72.4. The normalized spacial score (nSPS) is 11.9. The second-order valence-electron chi connectivity index (χ2n) is 14.9. The van der Waals surface area contributed by atoms with Crippen LogP contribution in [0.3, 0.4) is 0 Å². The van der Waals surface area contributed by atoms with Gasteiger partial charge in [-0.3, -0.25) is 0 Å². The molecule has 9 aromatic carbocycles. The van der Waals surface area contributed by atoms with Crippen molar-refractivity contribution >= 4 is 94.5 Å². The first-order valence-electron chi connectivity index (χ1n) is 19.3. The summed E-state index contributed by atoms with van der Waals surface area (Å²) in [4.78, 5) is 0. The standard InChI is InChI=1S/C54H32S3/c1-4-16-49-43(13-1)46-22-19-37(30-52(46)55-49)35-11-7-9-33(25-35)34-10-8-12-36(26-34)40-27-41(38-20-23-47-44-14-2-5-17-50(44)56-53(47)31-38)29-42(28-40)39-21-24-48-45-15-3-6-18-51(45)57-54(48)32-39/h1-32H. The van der Waals surface area contributed by atoms with Crippen molar-refractivity contribution < 1.29 is 0 Å². The van der Waals surface area contributed by atoms with E-state index < -0.39 is 0 Å². The summed E-state index contributed by atoms with van der Waals surface area (Å²) < 4.78 is 7.97. The molecule has 0 nitrogen and oxygen atoms in total. The minimum Gasteiger partial charge on any atom is -0.135 e. The van der Waals surface area contributed by atoms with Crippen molar-refractivity contribution in [3.63, 3.8) is 0 Å². The molecule has 0 fully saturated rings. The minimum atomic E-state index is 1.21. The maximum Gasteiger partial charge on any atom is 0.0361 e. The smallest absolute Gasteiger partial charge is 0.0361 e. The Hall–Kier alpha value is -6.36. The topological polar surface area (TPSA) is 0 Å². The predicted octanol–water partition coefficient (Wildman–Crippen LogP) is 17.1.